The van der Waals surface area contributed by atoms with Crippen molar-refractivity contribution >= 4 is 44.9 Å². The van der Waals surface area contributed by atoms with E-state index in [0.717, 1.165) is 48.5 Å². The third kappa shape index (κ3) is 6.65. The third-order valence-electron chi connectivity index (χ3n) is 3.27. The van der Waals surface area contributed by atoms with E-state index in [-0.39, 0.29) is 0 Å². The zero-order chi connectivity index (χ0) is 15.5. The molecule has 21 heavy (non-hydrogen) atoms. The van der Waals surface area contributed by atoms with Crippen LogP contribution in [0.15, 0.2) is 36.5 Å². The summed E-state index contributed by atoms with van der Waals surface area (Å²) in [5, 5.41) is 4.67. The number of hydrogen-bond acceptors (Lipinski definition) is 3. The van der Waals surface area contributed by atoms with Gasteiger partial charge >= 0.3 is 39.5 Å². The molecule has 0 saturated carbocycles. The molecule has 0 spiro atoms. The summed E-state index contributed by atoms with van der Waals surface area (Å²) in [7, 11) is 0. The molecule has 0 radical (unpaired) electrons. The first-order valence-corrected chi connectivity index (χ1v) is 12.0. The molecule has 6 heteroatoms. The number of rotatable bonds is 6. The Morgan fingerprint density at radius 2 is 1.81 bits per heavy atom. The first kappa shape index (κ1) is 18.9. The van der Waals surface area contributed by atoms with Gasteiger partial charge in [-0.2, -0.15) is 0 Å². The van der Waals surface area contributed by atoms with Crippen LogP contribution in [0, 0.1) is 0 Å². The Bertz CT molecular complexity index is 516. The summed E-state index contributed by atoms with van der Waals surface area (Å²) in [5.74, 6) is 0. The fraction of sp³-hybridized carbons (Fsp3) is 0.400. The van der Waals surface area contributed by atoms with Crippen LogP contribution in [0.25, 0.3) is 10.9 Å². The molecule has 0 aliphatic heterocycles. The zero-order valence-electron chi connectivity index (χ0n) is 12.3. The molecule has 0 aliphatic carbocycles. The average molecular weight is 462 g/mol. The van der Waals surface area contributed by atoms with E-state index in [2.05, 4.69) is 81.6 Å². The van der Waals surface area contributed by atoms with Crippen LogP contribution in [-0.2, 0) is 11.1 Å². The normalized spacial score (nSPS) is 10.5. The van der Waals surface area contributed by atoms with Crippen LogP contribution in [0.1, 0.15) is 13.8 Å². The minimum absolute atomic E-state index is 0.956. The monoisotopic (exact) mass is 460 g/mol. The minimum atomic E-state index is 0.956. The first-order chi connectivity index (χ1) is 10.3. The Morgan fingerprint density at radius 1 is 1.14 bits per heavy atom. The number of para-hydroxylation sites is 1. The first-order valence-electron chi connectivity index (χ1n) is 6.90. The second kappa shape index (κ2) is 11.4. The van der Waals surface area contributed by atoms with E-state index in [4.69, 9.17) is 0 Å². The predicted octanol–water partition coefficient (Wildman–Crippen LogP) is 4.68. The molecule has 0 unspecified atom stereocenters. The third-order valence-corrected chi connectivity index (χ3v) is 3.27. The number of aromatic nitrogens is 1. The Morgan fingerprint density at radius 3 is 2.48 bits per heavy atom. The van der Waals surface area contributed by atoms with Crippen molar-refractivity contribution in [3.8, 4) is 0 Å². The Balaban J connectivity index is 0.000000677. The fourth-order valence-corrected chi connectivity index (χ4v) is 2.14. The van der Waals surface area contributed by atoms with Gasteiger partial charge < -0.3 is 10.2 Å². The van der Waals surface area contributed by atoms with Crippen LogP contribution in [-0.4, -0.2) is 36.1 Å². The van der Waals surface area contributed by atoms with Gasteiger partial charge in [0.15, 0.2) is 0 Å². The molecule has 1 heterocycles. The maximum atomic E-state index is 4.44. The van der Waals surface area contributed by atoms with E-state index in [1.54, 1.807) is 0 Å². The second-order valence-electron chi connectivity index (χ2n) is 4.38. The molecule has 0 saturated heterocycles. The van der Waals surface area contributed by atoms with E-state index in [1.807, 2.05) is 12.3 Å². The van der Waals surface area contributed by atoms with Crippen LogP contribution in [0.4, 0.5) is 5.69 Å². The molecule has 0 atom stereocenters. The standard InChI is InChI=1S/C15H21N3.2BrH.Co/c1-3-18(4-2)12-11-16-14-9-5-7-13-8-6-10-17-15(13)14;;;/h5-10,16H,3-4,11-12H2,1-2H3;2*1H;/q;;;+2/p-2. The molecule has 2 rings (SSSR count). The van der Waals surface area contributed by atoms with Crippen molar-refractivity contribution in [3.05, 3.63) is 36.5 Å². The summed E-state index contributed by atoms with van der Waals surface area (Å²) in [6.45, 7) is 8.62. The number of pyridine rings is 1. The van der Waals surface area contributed by atoms with E-state index in [9.17, 15) is 0 Å². The summed E-state index contributed by atoms with van der Waals surface area (Å²) in [6, 6.07) is 10.3. The summed E-state index contributed by atoms with van der Waals surface area (Å²) in [4.78, 5) is 6.85. The van der Waals surface area contributed by atoms with Gasteiger partial charge in [0.05, 0.1) is 11.2 Å². The number of hydrogen-bond donors (Lipinski definition) is 1. The molecule has 0 bridgehead atoms. The Kier molecular flexibility index (Phi) is 10.3. The summed E-state index contributed by atoms with van der Waals surface area (Å²) < 4.78 is 0. The number of nitrogens with one attached hydrogen (secondary N) is 1. The van der Waals surface area contributed by atoms with Gasteiger partial charge in [-0.05, 0) is 25.2 Å². The van der Waals surface area contributed by atoms with Crippen LogP contribution in [0.5, 0.6) is 0 Å². The SMILES string of the molecule is CCN(CC)CCNc1cccc2cccnc12.[Br][Co][Br]. The molecule has 1 aromatic carbocycles. The average Bonchev–Trinajstić information content (AvgIpc) is 2.52. The van der Waals surface area contributed by atoms with Crippen molar-refractivity contribution < 1.29 is 11.1 Å². The van der Waals surface area contributed by atoms with Gasteiger partial charge in [-0.1, -0.05) is 32.0 Å². The predicted molar refractivity (Wildman–Crippen MR) is 95.9 cm³/mol. The summed E-state index contributed by atoms with van der Waals surface area (Å²) >= 11 is 7.12. The van der Waals surface area contributed by atoms with Gasteiger partial charge in [0.25, 0.3) is 0 Å². The van der Waals surface area contributed by atoms with E-state index in [1.165, 1.54) is 5.39 Å². The van der Waals surface area contributed by atoms with Crippen LogP contribution in [0.2, 0.25) is 0 Å². The van der Waals surface area contributed by atoms with Crippen molar-refractivity contribution in [1.82, 2.24) is 9.88 Å². The summed E-state index contributed by atoms with van der Waals surface area (Å²) in [6.07, 6.45) is 1.85. The van der Waals surface area contributed by atoms with Gasteiger partial charge in [-0.15, -0.1) is 0 Å². The molecule has 1 aromatic heterocycles. The van der Waals surface area contributed by atoms with Crippen LogP contribution in [0.3, 0.4) is 0 Å². The topological polar surface area (TPSA) is 28.2 Å². The number of halogens is 2. The Labute approximate surface area is 147 Å². The van der Waals surface area contributed by atoms with Crippen LogP contribution >= 0.6 is 28.3 Å². The van der Waals surface area contributed by atoms with Crippen LogP contribution < -0.4 is 5.32 Å². The quantitative estimate of drug-likeness (QED) is 0.677. The van der Waals surface area contributed by atoms with Crippen molar-refractivity contribution in [2.45, 2.75) is 13.8 Å². The van der Waals surface area contributed by atoms with E-state index >= 15 is 0 Å². The van der Waals surface area contributed by atoms with Gasteiger partial charge in [0.2, 0.25) is 0 Å². The molecule has 0 fully saturated rings. The number of likely N-dealkylation sites (N-methyl/N-ethyl adjacent to an activating group) is 1. The zero-order valence-corrected chi connectivity index (χ0v) is 16.5. The molecular formula is C15H21Br2CoN3. The number of benzene rings is 1. The van der Waals surface area contributed by atoms with Crippen molar-refractivity contribution in [3.63, 3.8) is 0 Å². The van der Waals surface area contributed by atoms with E-state index < -0.39 is 0 Å². The van der Waals surface area contributed by atoms with E-state index in [0.29, 0.717) is 0 Å². The molecule has 0 aliphatic rings. The molecule has 1 N–H and O–H groups in total. The molecule has 3 nitrogen and oxygen atoms in total. The molecular weight excluding hydrogens is 441 g/mol. The van der Waals surface area contributed by atoms with Gasteiger partial charge in [0.1, 0.15) is 0 Å². The molecule has 0 amide bonds. The number of nitrogens with zero attached hydrogens (tertiary/aromatic N) is 2. The molecule has 119 valence electrons. The van der Waals surface area contributed by atoms with Crippen molar-refractivity contribution in [1.29, 1.82) is 0 Å². The van der Waals surface area contributed by atoms with Gasteiger partial charge in [-0.3, -0.25) is 4.98 Å². The molecule has 2 aromatic rings. The Hall–Kier alpha value is -0.144. The van der Waals surface area contributed by atoms with Crippen molar-refractivity contribution in [2.75, 3.05) is 31.5 Å². The number of fused-ring (bicyclic) bond motifs is 1. The maximum absolute atomic E-state index is 4.44. The van der Waals surface area contributed by atoms with Gasteiger partial charge in [0, 0.05) is 24.7 Å². The van der Waals surface area contributed by atoms with Crippen molar-refractivity contribution in [2.24, 2.45) is 0 Å². The summed E-state index contributed by atoms with van der Waals surface area (Å²) in [5.41, 5.74) is 2.18. The second-order valence-corrected chi connectivity index (χ2v) is 9.64. The van der Waals surface area contributed by atoms with Gasteiger partial charge in [-0.25, -0.2) is 0 Å². The number of anilines is 1. The fourth-order valence-electron chi connectivity index (χ4n) is 2.14.